The highest BCUT2D eigenvalue weighted by Crippen LogP contribution is 2.32. The second-order valence-electron chi connectivity index (χ2n) is 8.78. The van der Waals surface area contributed by atoms with Crippen LogP contribution in [0.2, 0.25) is 0 Å². The maximum Gasteiger partial charge on any atom is 0.229 e. The summed E-state index contributed by atoms with van der Waals surface area (Å²) < 4.78 is 0. The Bertz CT molecular complexity index is 1150. The number of aryl methyl sites for hydroxylation is 2. The Kier molecular flexibility index (Phi) is 6.40. The third kappa shape index (κ3) is 5.19. The minimum atomic E-state index is -0.390. The average Bonchev–Trinajstić information content (AvgIpc) is 3.16. The largest absolute Gasteiger partial charge is 0.326 e. The van der Waals surface area contributed by atoms with Crippen LogP contribution >= 0.6 is 0 Å². The van der Waals surface area contributed by atoms with Gasteiger partial charge in [-0.25, -0.2) is 9.97 Å². The molecule has 2 amide bonds. The number of hydrogen-bond acceptors (Lipinski definition) is 5. The summed E-state index contributed by atoms with van der Waals surface area (Å²) in [6, 6.07) is 17.2. The van der Waals surface area contributed by atoms with E-state index >= 15 is 0 Å². The maximum absolute atomic E-state index is 12.9. The van der Waals surface area contributed by atoms with Gasteiger partial charge in [0.25, 0.3) is 0 Å². The van der Waals surface area contributed by atoms with E-state index in [1.165, 1.54) is 0 Å². The average molecular weight is 444 g/mol. The van der Waals surface area contributed by atoms with Crippen LogP contribution in [0.4, 0.5) is 23.0 Å². The highest BCUT2D eigenvalue weighted by atomic mass is 16.2. The van der Waals surface area contributed by atoms with Gasteiger partial charge in [0.1, 0.15) is 0 Å². The fraction of sp³-hybridized carbons (Fsp3) is 0.308. The Balaban J connectivity index is 1.40. The smallest absolute Gasteiger partial charge is 0.229 e. The number of amides is 2. The van der Waals surface area contributed by atoms with Crippen LogP contribution in [-0.4, -0.2) is 28.3 Å². The molecule has 1 aliphatic heterocycles. The van der Waals surface area contributed by atoms with Crippen molar-refractivity contribution in [3.63, 3.8) is 0 Å². The van der Waals surface area contributed by atoms with Gasteiger partial charge >= 0.3 is 0 Å². The summed E-state index contributed by atoms with van der Waals surface area (Å²) in [4.78, 5) is 36.1. The van der Waals surface area contributed by atoms with Crippen molar-refractivity contribution in [1.82, 2.24) is 9.97 Å². The van der Waals surface area contributed by atoms with Gasteiger partial charge in [-0.1, -0.05) is 32.0 Å². The van der Waals surface area contributed by atoms with Gasteiger partial charge in [-0.15, -0.1) is 0 Å². The fourth-order valence-electron chi connectivity index (χ4n) is 4.13. The molecule has 0 saturated carbocycles. The number of anilines is 4. The van der Waals surface area contributed by atoms with Crippen molar-refractivity contribution in [2.45, 2.75) is 40.0 Å². The van der Waals surface area contributed by atoms with Gasteiger partial charge in [-0.3, -0.25) is 9.59 Å². The Morgan fingerprint density at radius 3 is 2.30 bits per heavy atom. The van der Waals surface area contributed by atoms with Crippen LogP contribution in [-0.2, 0) is 9.59 Å². The molecule has 0 spiro atoms. The maximum atomic E-state index is 12.9. The highest BCUT2D eigenvalue weighted by Gasteiger charge is 2.36. The molecule has 7 nitrogen and oxygen atoms in total. The first-order valence-corrected chi connectivity index (χ1v) is 11.2. The number of aromatic nitrogens is 2. The quantitative estimate of drug-likeness (QED) is 0.563. The van der Waals surface area contributed by atoms with E-state index in [1.54, 1.807) is 4.90 Å². The molecule has 0 aliphatic carbocycles. The van der Waals surface area contributed by atoms with Gasteiger partial charge < -0.3 is 15.5 Å². The molecule has 7 heteroatoms. The lowest BCUT2D eigenvalue weighted by Crippen LogP contribution is -2.28. The van der Waals surface area contributed by atoms with E-state index in [0.29, 0.717) is 24.1 Å². The van der Waals surface area contributed by atoms with Crippen molar-refractivity contribution in [3.8, 4) is 0 Å². The third-order valence-corrected chi connectivity index (χ3v) is 5.74. The molecular weight excluding hydrogens is 414 g/mol. The number of carbonyl (C=O) groups is 2. The van der Waals surface area contributed by atoms with Crippen molar-refractivity contribution in [2.24, 2.45) is 5.92 Å². The lowest BCUT2D eigenvalue weighted by Gasteiger charge is -2.22. The molecule has 1 aliphatic rings. The first-order valence-electron chi connectivity index (χ1n) is 11.2. The van der Waals surface area contributed by atoms with E-state index in [2.05, 4.69) is 34.4 Å². The van der Waals surface area contributed by atoms with E-state index in [-0.39, 0.29) is 24.2 Å². The predicted octanol–water partition coefficient (Wildman–Crippen LogP) is 4.95. The first kappa shape index (κ1) is 22.5. The second-order valence-corrected chi connectivity index (χ2v) is 8.78. The van der Waals surface area contributed by atoms with Crippen molar-refractivity contribution >= 4 is 34.8 Å². The summed E-state index contributed by atoms with van der Waals surface area (Å²) >= 11 is 0. The molecule has 0 radical (unpaired) electrons. The fourth-order valence-corrected chi connectivity index (χ4v) is 4.13. The van der Waals surface area contributed by atoms with Crippen LogP contribution < -0.4 is 15.5 Å². The molecule has 33 heavy (non-hydrogen) atoms. The summed E-state index contributed by atoms with van der Waals surface area (Å²) in [6.07, 6.45) is 0.210. The Morgan fingerprint density at radius 2 is 1.64 bits per heavy atom. The summed E-state index contributed by atoms with van der Waals surface area (Å²) in [5.41, 5.74) is 5.31. The topological polar surface area (TPSA) is 87.2 Å². The molecule has 1 fully saturated rings. The van der Waals surface area contributed by atoms with Gasteiger partial charge in [-0.2, -0.15) is 0 Å². The van der Waals surface area contributed by atoms with Crippen molar-refractivity contribution in [2.75, 3.05) is 22.1 Å². The van der Waals surface area contributed by atoms with E-state index in [4.69, 9.17) is 0 Å². The molecule has 1 unspecified atom stereocenters. The van der Waals surface area contributed by atoms with E-state index in [1.807, 2.05) is 68.4 Å². The standard InChI is InChI=1S/C26H29N5O2/c1-16(2)22-7-5-6-8-23(22)31-15-19(14-24(31)32)25(33)29-20-9-11-21(12-10-20)30-26-27-17(3)13-18(4)28-26/h5-13,16,19H,14-15H2,1-4H3,(H,29,33)(H,27,28,30). The van der Waals surface area contributed by atoms with Crippen LogP contribution in [0.1, 0.15) is 43.1 Å². The molecule has 1 aromatic heterocycles. The second kappa shape index (κ2) is 9.40. The summed E-state index contributed by atoms with van der Waals surface area (Å²) in [6.45, 7) is 8.45. The van der Waals surface area contributed by atoms with Gasteiger partial charge in [0.2, 0.25) is 17.8 Å². The lowest BCUT2D eigenvalue weighted by molar-refractivity contribution is -0.122. The molecule has 2 heterocycles. The summed E-state index contributed by atoms with van der Waals surface area (Å²) in [7, 11) is 0. The van der Waals surface area contributed by atoms with Crippen LogP contribution in [0.5, 0.6) is 0 Å². The zero-order chi connectivity index (χ0) is 23.5. The highest BCUT2D eigenvalue weighted by molar-refractivity contribution is 6.04. The molecule has 0 bridgehead atoms. The Hall–Kier alpha value is -3.74. The van der Waals surface area contributed by atoms with E-state index in [9.17, 15) is 9.59 Å². The SMILES string of the molecule is Cc1cc(C)nc(Nc2ccc(NC(=O)C3CC(=O)N(c4ccccc4C(C)C)C3)cc2)n1. The van der Waals surface area contributed by atoms with Crippen molar-refractivity contribution in [3.05, 3.63) is 71.5 Å². The van der Waals surface area contributed by atoms with Gasteiger partial charge in [-0.05, 0) is 61.7 Å². The molecule has 3 aromatic rings. The Morgan fingerprint density at radius 1 is 1.00 bits per heavy atom. The lowest BCUT2D eigenvalue weighted by atomic mass is 10.0. The zero-order valence-corrected chi connectivity index (χ0v) is 19.4. The van der Waals surface area contributed by atoms with E-state index in [0.717, 1.165) is 28.3 Å². The van der Waals surface area contributed by atoms with Gasteiger partial charge in [0, 0.05) is 41.4 Å². The number of hydrogen-bond donors (Lipinski definition) is 2. The van der Waals surface area contributed by atoms with Gasteiger partial charge in [0.15, 0.2) is 0 Å². The van der Waals surface area contributed by atoms with Crippen LogP contribution in [0.15, 0.2) is 54.6 Å². The molecule has 1 atom stereocenters. The van der Waals surface area contributed by atoms with Gasteiger partial charge in [0.05, 0.1) is 5.92 Å². The molecule has 2 aromatic carbocycles. The monoisotopic (exact) mass is 443 g/mol. The van der Waals surface area contributed by atoms with E-state index < -0.39 is 0 Å². The minimum absolute atomic E-state index is 0.0174. The predicted molar refractivity (Wildman–Crippen MR) is 131 cm³/mol. The molecule has 1 saturated heterocycles. The molecular formula is C26H29N5O2. The van der Waals surface area contributed by atoms with Crippen LogP contribution in [0.25, 0.3) is 0 Å². The van der Waals surface area contributed by atoms with Crippen molar-refractivity contribution in [1.29, 1.82) is 0 Å². The normalized spacial score (nSPS) is 15.7. The first-order chi connectivity index (χ1) is 15.8. The number of carbonyl (C=O) groups excluding carboxylic acids is 2. The number of rotatable bonds is 6. The number of benzene rings is 2. The third-order valence-electron chi connectivity index (χ3n) is 5.74. The van der Waals surface area contributed by atoms with Crippen LogP contribution in [0, 0.1) is 19.8 Å². The Labute approximate surface area is 194 Å². The minimum Gasteiger partial charge on any atom is -0.326 e. The summed E-state index contributed by atoms with van der Waals surface area (Å²) in [5.74, 6) is 0.278. The van der Waals surface area contributed by atoms with Crippen LogP contribution in [0.3, 0.4) is 0 Å². The zero-order valence-electron chi connectivity index (χ0n) is 19.4. The van der Waals surface area contributed by atoms with Crippen molar-refractivity contribution < 1.29 is 9.59 Å². The molecule has 170 valence electrons. The summed E-state index contributed by atoms with van der Waals surface area (Å²) in [5, 5.41) is 6.13. The number of para-hydroxylation sites is 1. The molecule has 2 N–H and O–H groups in total. The molecule has 4 rings (SSSR count). The number of nitrogens with zero attached hydrogens (tertiary/aromatic N) is 3. The number of nitrogens with one attached hydrogen (secondary N) is 2.